The molecule has 2 heterocycles. The third-order valence-electron chi connectivity index (χ3n) is 4.23. The van der Waals surface area contributed by atoms with E-state index in [1.807, 2.05) is 0 Å². The predicted molar refractivity (Wildman–Crippen MR) is 67.6 cm³/mol. The Kier molecular flexibility index (Phi) is 3.60. The van der Waals surface area contributed by atoms with Gasteiger partial charge in [-0.25, -0.2) is 0 Å². The summed E-state index contributed by atoms with van der Waals surface area (Å²) in [5, 5.41) is 0. The van der Waals surface area contributed by atoms with E-state index in [0.29, 0.717) is 11.6 Å². The predicted octanol–water partition coefficient (Wildman–Crippen LogP) is 2.92. The van der Waals surface area contributed by atoms with Crippen molar-refractivity contribution in [3.8, 4) is 0 Å². The number of rotatable bonds is 3. The molecular weight excluding hydrogens is 198 g/mol. The van der Waals surface area contributed by atoms with Gasteiger partial charge in [0, 0.05) is 6.04 Å². The summed E-state index contributed by atoms with van der Waals surface area (Å²) < 4.78 is 5.51. The highest BCUT2D eigenvalue weighted by Gasteiger charge is 2.48. The van der Waals surface area contributed by atoms with Crippen molar-refractivity contribution in [2.24, 2.45) is 11.8 Å². The summed E-state index contributed by atoms with van der Waals surface area (Å²) in [5.74, 6) is 1.77. The molecule has 0 aliphatic carbocycles. The highest BCUT2D eigenvalue weighted by Crippen LogP contribution is 2.40. The number of likely N-dealkylation sites (tertiary alicyclic amines) is 1. The van der Waals surface area contributed by atoms with Crippen LogP contribution in [0, 0.1) is 11.8 Å². The van der Waals surface area contributed by atoms with Gasteiger partial charge in [0.05, 0.1) is 18.8 Å². The molecule has 0 aromatic carbocycles. The average molecular weight is 225 g/mol. The van der Waals surface area contributed by atoms with Crippen LogP contribution in [0.25, 0.3) is 0 Å². The number of hydrogen-bond acceptors (Lipinski definition) is 2. The Hall–Kier alpha value is -0.0800. The van der Waals surface area contributed by atoms with Gasteiger partial charge < -0.3 is 4.74 Å². The molecule has 1 atom stereocenters. The SMILES string of the molecule is CC(C)CC1CCN(C(C)C)C2(COC2)C1. The maximum absolute atomic E-state index is 5.51. The Bertz CT molecular complexity index is 233. The Labute approximate surface area is 100 Å². The van der Waals surface area contributed by atoms with E-state index in [-0.39, 0.29) is 0 Å². The zero-order chi connectivity index (χ0) is 11.8. The van der Waals surface area contributed by atoms with Crippen molar-refractivity contribution in [3.05, 3.63) is 0 Å². The second-order valence-electron chi connectivity index (χ2n) is 6.49. The first-order chi connectivity index (χ1) is 7.53. The summed E-state index contributed by atoms with van der Waals surface area (Å²) in [6, 6.07) is 0.670. The molecule has 2 nitrogen and oxygen atoms in total. The zero-order valence-corrected chi connectivity index (χ0v) is 11.3. The molecule has 1 unspecified atom stereocenters. The summed E-state index contributed by atoms with van der Waals surface area (Å²) >= 11 is 0. The summed E-state index contributed by atoms with van der Waals surface area (Å²) in [7, 11) is 0. The van der Waals surface area contributed by atoms with E-state index in [1.165, 1.54) is 25.8 Å². The van der Waals surface area contributed by atoms with Crippen LogP contribution in [0.15, 0.2) is 0 Å². The van der Waals surface area contributed by atoms with E-state index in [1.54, 1.807) is 0 Å². The average Bonchev–Trinajstić information content (AvgIpc) is 2.13. The first-order valence-electron chi connectivity index (χ1n) is 6.88. The summed E-state index contributed by atoms with van der Waals surface area (Å²) in [6.07, 6.45) is 4.15. The van der Waals surface area contributed by atoms with Gasteiger partial charge in [0.25, 0.3) is 0 Å². The molecule has 0 aromatic heterocycles. The minimum Gasteiger partial charge on any atom is -0.377 e. The number of piperidine rings is 1. The summed E-state index contributed by atoms with van der Waals surface area (Å²) in [4.78, 5) is 2.69. The molecule has 0 N–H and O–H groups in total. The first kappa shape index (κ1) is 12.4. The molecule has 16 heavy (non-hydrogen) atoms. The van der Waals surface area contributed by atoms with E-state index < -0.39 is 0 Å². The maximum atomic E-state index is 5.51. The van der Waals surface area contributed by atoms with E-state index in [2.05, 4.69) is 32.6 Å². The fourth-order valence-electron chi connectivity index (χ4n) is 3.61. The van der Waals surface area contributed by atoms with Gasteiger partial charge in [-0.2, -0.15) is 0 Å². The minimum absolute atomic E-state index is 0.409. The van der Waals surface area contributed by atoms with Gasteiger partial charge in [0.2, 0.25) is 0 Å². The fraction of sp³-hybridized carbons (Fsp3) is 1.00. The fourth-order valence-corrected chi connectivity index (χ4v) is 3.61. The van der Waals surface area contributed by atoms with Gasteiger partial charge in [-0.3, -0.25) is 4.90 Å². The van der Waals surface area contributed by atoms with Gasteiger partial charge >= 0.3 is 0 Å². The van der Waals surface area contributed by atoms with Crippen molar-refractivity contribution in [2.75, 3.05) is 19.8 Å². The number of ether oxygens (including phenoxy) is 1. The van der Waals surface area contributed by atoms with Crippen LogP contribution in [0.5, 0.6) is 0 Å². The van der Waals surface area contributed by atoms with Crippen LogP contribution in [0.2, 0.25) is 0 Å². The molecular formula is C14H27NO. The monoisotopic (exact) mass is 225 g/mol. The molecule has 2 saturated heterocycles. The van der Waals surface area contributed by atoms with Crippen molar-refractivity contribution < 1.29 is 4.74 Å². The lowest BCUT2D eigenvalue weighted by atomic mass is 9.75. The molecule has 2 heteroatoms. The molecule has 0 bridgehead atoms. The van der Waals surface area contributed by atoms with E-state index >= 15 is 0 Å². The van der Waals surface area contributed by atoms with E-state index in [0.717, 1.165) is 25.0 Å². The molecule has 0 radical (unpaired) electrons. The smallest absolute Gasteiger partial charge is 0.0683 e. The van der Waals surface area contributed by atoms with Crippen molar-refractivity contribution in [1.82, 2.24) is 4.90 Å². The van der Waals surface area contributed by atoms with Crippen molar-refractivity contribution in [3.63, 3.8) is 0 Å². The van der Waals surface area contributed by atoms with Crippen LogP contribution in [0.3, 0.4) is 0 Å². The molecule has 2 rings (SSSR count). The molecule has 0 amide bonds. The highest BCUT2D eigenvalue weighted by atomic mass is 16.5. The third-order valence-corrected chi connectivity index (χ3v) is 4.23. The van der Waals surface area contributed by atoms with Gasteiger partial charge in [0.15, 0.2) is 0 Å². The van der Waals surface area contributed by atoms with E-state index in [4.69, 9.17) is 4.74 Å². The Morgan fingerprint density at radius 2 is 1.94 bits per heavy atom. The quantitative estimate of drug-likeness (QED) is 0.732. The van der Waals surface area contributed by atoms with Crippen LogP contribution in [0.4, 0.5) is 0 Å². The maximum Gasteiger partial charge on any atom is 0.0683 e. The largest absolute Gasteiger partial charge is 0.377 e. The number of hydrogen-bond donors (Lipinski definition) is 0. The highest BCUT2D eigenvalue weighted by molar-refractivity contribution is 5.02. The second-order valence-corrected chi connectivity index (χ2v) is 6.49. The molecule has 0 aromatic rings. The molecule has 94 valence electrons. The standard InChI is InChI=1S/C14H27NO/c1-11(2)7-13-5-6-15(12(3)4)14(8-13)9-16-10-14/h11-13H,5-10H2,1-4H3. The lowest BCUT2D eigenvalue weighted by molar-refractivity contribution is -0.176. The van der Waals surface area contributed by atoms with Gasteiger partial charge in [0.1, 0.15) is 0 Å². The normalized spacial score (nSPS) is 30.0. The Morgan fingerprint density at radius 1 is 1.25 bits per heavy atom. The van der Waals surface area contributed by atoms with Crippen LogP contribution in [-0.2, 0) is 4.74 Å². The third kappa shape index (κ3) is 2.28. The van der Waals surface area contributed by atoms with Crippen LogP contribution < -0.4 is 0 Å². The molecule has 0 saturated carbocycles. The molecule has 1 spiro atoms. The first-order valence-corrected chi connectivity index (χ1v) is 6.88. The van der Waals surface area contributed by atoms with Crippen molar-refractivity contribution in [1.29, 1.82) is 0 Å². The van der Waals surface area contributed by atoms with Crippen molar-refractivity contribution in [2.45, 2.75) is 58.5 Å². The zero-order valence-electron chi connectivity index (χ0n) is 11.3. The minimum atomic E-state index is 0.409. The lowest BCUT2D eigenvalue weighted by Crippen LogP contribution is -2.67. The van der Waals surface area contributed by atoms with Crippen LogP contribution in [-0.4, -0.2) is 36.2 Å². The topological polar surface area (TPSA) is 12.5 Å². The van der Waals surface area contributed by atoms with Crippen LogP contribution >= 0.6 is 0 Å². The second kappa shape index (κ2) is 4.66. The summed E-state index contributed by atoms with van der Waals surface area (Å²) in [5.41, 5.74) is 0.409. The van der Waals surface area contributed by atoms with Crippen LogP contribution in [0.1, 0.15) is 47.0 Å². The summed E-state index contributed by atoms with van der Waals surface area (Å²) in [6.45, 7) is 12.6. The lowest BCUT2D eigenvalue weighted by Gasteiger charge is -2.56. The van der Waals surface area contributed by atoms with E-state index in [9.17, 15) is 0 Å². The van der Waals surface area contributed by atoms with Gasteiger partial charge in [-0.1, -0.05) is 13.8 Å². The Morgan fingerprint density at radius 3 is 2.38 bits per heavy atom. The Balaban J connectivity index is 1.99. The van der Waals surface area contributed by atoms with Crippen molar-refractivity contribution >= 4 is 0 Å². The molecule has 2 aliphatic rings. The molecule has 2 fully saturated rings. The number of nitrogens with zero attached hydrogens (tertiary/aromatic N) is 1. The van der Waals surface area contributed by atoms with Gasteiger partial charge in [-0.05, 0) is 51.5 Å². The van der Waals surface area contributed by atoms with Gasteiger partial charge in [-0.15, -0.1) is 0 Å². The molecule has 2 aliphatic heterocycles.